The highest BCUT2D eigenvalue weighted by Crippen LogP contribution is 2.30. The van der Waals surface area contributed by atoms with Crippen LogP contribution in [0.25, 0.3) is 0 Å². The Bertz CT molecular complexity index is 1030. The van der Waals surface area contributed by atoms with Gasteiger partial charge in [0.15, 0.2) is 6.10 Å². The van der Waals surface area contributed by atoms with E-state index in [1.807, 2.05) is 0 Å². The topological polar surface area (TPSA) is 127 Å². The van der Waals surface area contributed by atoms with E-state index >= 15 is 0 Å². The molecule has 35 heavy (non-hydrogen) atoms. The number of carbonyl (C=O) groups excluding carboxylic acids is 1. The van der Waals surface area contributed by atoms with Gasteiger partial charge in [-0.15, -0.1) is 12.4 Å². The van der Waals surface area contributed by atoms with Crippen molar-refractivity contribution in [3.8, 4) is 11.5 Å². The molecule has 0 bridgehead atoms. The largest absolute Gasteiger partial charge is 0.497 e. The molecule has 2 aromatic carbocycles. The first-order chi connectivity index (χ1) is 16.2. The van der Waals surface area contributed by atoms with Gasteiger partial charge in [0.25, 0.3) is 5.91 Å². The third-order valence-corrected chi connectivity index (χ3v) is 5.65. The fourth-order valence-electron chi connectivity index (χ4n) is 3.85. The maximum absolute atomic E-state index is 14.6. The predicted octanol–water partition coefficient (Wildman–Crippen LogP) is 3.37. The molecule has 3 atom stereocenters. The van der Waals surface area contributed by atoms with Crippen molar-refractivity contribution in [2.75, 3.05) is 13.7 Å². The number of benzene rings is 2. The van der Waals surface area contributed by atoms with E-state index in [0.717, 1.165) is 18.6 Å². The summed E-state index contributed by atoms with van der Waals surface area (Å²) in [5.41, 5.74) is 6.04. The third-order valence-electron chi connectivity index (χ3n) is 5.65. The first-order valence-corrected chi connectivity index (χ1v) is 11.0. The van der Waals surface area contributed by atoms with E-state index < -0.39 is 41.4 Å². The van der Waals surface area contributed by atoms with Crippen molar-refractivity contribution >= 4 is 24.1 Å². The molecule has 1 aliphatic rings. The van der Waals surface area contributed by atoms with Crippen molar-refractivity contribution in [1.29, 1.82) is 5.41 Å². The summed E-state index contributed by atoms with van der Waals surface area (Å²) in [5, 5.41) is 20.4. The standard InChI is InChI=1S/C24H29F2N3O5.ClH/c1-3-33-22(21-16(25)10-15(32-2)11-17(21)26)24(31)29-12-14-8-7-13(23(27)28)9-20(14)34-19-6-4-5-18(19)30;/h7-11,18-19,22,30H,3-6,12H2,1-2H3,(H3,27,28)(H,29,31);1H. The molecule has 8 nitrogen and oxygen atoms in total. The molecule has 192 valence electrons. The zero-order chi connectivity index (χ0) is 24.8. The Morgan fingerprint density at radius 2 is 1.94 bits per heavy atom. The van der Waals surface area contributed by atoms with Gasteiger partial charge in [0, 0.05) is 36.4 Å². The number of halogens is 3. The fraction of sp³-hybridized carbons (Fsp3) is 0.417. The number of hydrogen-bond acceptors (Lipinski definition) is 6. The second-order valence-corrected chi connectivity index (χ2v) is 7.95. The van der Waals surface area contributed by atoms with Gasteiger partial charge in [0.2, 0.25) is 0 Å². The Morgan fingerprint density at radius 1 is 1.26 bits per heavy atom. The molecule has 11 heteroatoms. The van der Waals surface area contributed by atoms with Gasteiger partial charge < -0.3 is 30.4 Å². The van der Waals surface area contributed by atoms with Gasteiger partial charge in [-0.1, -0.05) is 12.1 Å². The number of nitrogens with two attached hydrogens (primary N) is 1. The highest BCUT2D eigenvalue weighted by atomic mass is 35.5. The van der Waals surface area contributed by atoms with Crippen molar-refractivity contribution in [3.63, 3.8) is 0 Å². The third kappa shape index (κ3) is 6.81. The lowest BCUT2D eigenvalue weighted by Gasteiger charge is -2.22. The van der Waals surface area contributed by atoms with Gasteiger partial charge in [-0.05, 0) is 32.3 Å². The Hall–Kier alpha value is -2.95. The minimum atomic E-state index is -1.52. The summed E-state index contributed by atoms with van der Waals surface area (Å²) in [7, 11) is 1.28. The SMILES string of the molecule is CCOC(C(=O)NCc1ccc(C(=N)N)cc1OC1CCCC1O)c1c(F)cc(OC)cc1F.Cl. The predicted molar refractivity (Wildman–Crippen MR) is 128 cm³/mol. The van der Waals surface area contributed by atoms with Crippen LogP contribution in [0, 0.1) is 17.0 Å². The van der Waals surface area contributed by atoms with Crippen LogP contribution in [0.3, 0.4) is 0 Å². The van der Waals surface area contributed by atoms with E-state index in [1.54, 1.807) is 25.1 Å². The van der Waals surface area contributed by atoms with Crippen molar-refractivity contribution in [1.82, 2.24) is 5.32 Å². The number of aliphatic hydroxyl groups is 1. The summed E-state index contributed by atoms with van der Waals surface area (Å²) >= 11 is 0. The second-order valence-electron chi connectivity index (χ2n) is 7.95. The van der Waals surface area contributed by atoms with Crippen LogP contribution in [-0.4, -0.2) is 42.8 Å². The average Bonchev–Trinajstić information content (AvgIpc) is 3.20. The minimum Gasteiger partial charge on any atom is -0.497 e. The summed E-state index contributed by atoms with van der Waals surface area (Å²) in [4.78, 5) is 12.9. The molecule has 3 rings (SSSR count). The summed E-state index contributed by atoms with van der Waals surface area (Å²) in [5.74, 6) is -2.49. The Balaban J connectivity index is 0.00000432. The molecular weight excluding hydrogens is 484 g/mol. The van der Waals surface area contributed by atoms with E-state index in [-0.39, 0.29) is 37.1 Å². The van der Waals surface area contributed by atoms with E-state index in [1.165, 1.54) is 7.11 Å². The van der Waals surface area contributed by atoms with Gasteiger partial charge >= 0.3 is 0 Å². The lowest BCUT2D eigenvalue weighted by molar-refractivity contribution is -0.133. The average molecular weight is 514 g/mol. The zero-order valence-corrected chi connectivity index (χ0v) is 20.3. The number of ether oxygens (including phenoxy) is 3. The van der Waals surface area contributed by atoms with Gasteiger partial charge in [0.1, 0.15) is 35.1 Å². The Kier molecular flexibility index (Phi) is 10.2. The Morgan fingerprint density at radius 3 is 2.49 bits per heavy atom. The number of aliphatic hydroxyl groups excluding tert-OH is 1. The second kappa shape index (κ2) is 12.7. The molecule has 0 aliphatic heterocycles. The molecule has 0 saturated heterocycles. The van der Waals surface area contributed by atoms with E-state index in [2.05, 4.69) is 5.32 Å². The maximum Gasteiger partial charge on any atom is 0.254 e. The molecule has 0 radical (unpaired) electrons. The van der Waals surface area contributed by atoms with Crippen molar-refractivity contribution in [2.45, 2.75) is 51.0 Å². The van der Waals surface area contributed by atoms with Crippen LogP contribution in [0.1, 0.15) is 49.0 Å². The van der Waals surface area contributed by atoms with Crippen LogP contribution in [0.15, 0.2) is 30.3 Å². The van der Waals surface area contributed by atoms with Crippen LogP contribution >= 0.6 is 12.4 Å². The van der Waals surface area contributed by atoms with E-state index in [9.17, 15) is 18.7 Å². The smallest absolute Gasteiger partial charge is 0.254 e. The van der Waals surface area contributed by atoms with Gasteiger partial charge in [-0.25, -0.2) is 8.78 Å². The Labute approximate surface area is 208 Å². The summed E-state index contributed by atoms with van der Waals surface area (Å²) in [6.07, 6.45) is -0.451. The summed E-state index contributed by atoms with van der Waals surface area (Å²) in [6.45, 7) is 1.61. The summed E-state index contributed by atoms with van der Waals surface area (Å²) in [6, 6.07) is 6.77. The molecule has 1 saturated carbocycles. The maximum atomic E-state index is 14.6. The number of nitrogens with one attached hydrogen (secondary N) is 2. The molecule has 5 N–H and O–H groups in total. The fourth-order valence-corrected chi connectivity index (χ4v) is 3.85. The van der Waals surface area contributed by atoms with Gasteiger partial charge in [-0.2, -0.15) is 0 Å². The quantitative estimate of drug-likeness (QED) is 0.285. The number of nitrogen functional groups attached to an aromatic ring is 1. The molecule has 3 unspecified atom stereocenters. The zero-order valence-electron chi connectivity index (χ0n) is 19.5. The first-order valence-electron chi connectivity index (χ1n) is 11.0. The van der Waals surface area contributed by atoms with Crippen LogP contribution in [0.4, 0.5) is 8.78 Å². The van der Waals surface area contributed by atoms with E-state index in [0.29, 0.717) is 29.7 Å². The van der Waals surface area contributed by atoms with E-state index in [4.69, 9.17) is 25.4 Å². The number of rotatable bonds is 10. The van der Waals surface area contributed by atoms with Crippen molar-refractivity contribution < 1.29 is 32.9 Å². The van der Waals surface area contributed by atoms with Crippen LogP contribution < -0.4 is 20.5 Å². The van der Waals surface area contributed by atoms with Crippen molar-refractivity contribution in [3.05, 3.63) is 58.7 Å². The number of methoxy groups -OCH3 is 1. The van der Waals surface area contributed by atoms with Crippen LogP contribution in [-0.2, 0) is 16.1 Å². The van der Waals surface area contributed by atoms with Crippen LogP contribution in [0.2, 0.25) is 0 Å². The lowest BCUT2D eigenvalue weighted by atomic mass is 10.1. The normalized spacial score (nSPS) is 17.9. The molecule has 1 fully saturated rings. The summed E-state index contributed by atoms with van der Waals surface area (Å²) < 4.78 is 45.4. The molecule has 0 spiro atoms. The number of amides is 1. The van der Waals surface area contributed by atoms with Crippen LogP contribution in [0.5, 0.6) is 11.5 Å². The highest BCUT2D eigenvalue weighted by molar-refractivity contribution is 5.95. The molecule has 1 aliphatic carbocycles. The molecule has 0 aromatic heterocycles. The monoisotopic (exact) mass is 513 g/mol. The molecule has 2 aromatic rings. The van der Waals surface area contributed by atoms with Crippen molar-refractivity contribution in [2.24, 2.45) is 5.73 Å². The highest BCUT2D eigenvalue weighted by Gasteiger charge is 2.30. The number of carbonyl (C=O) groups is 1. The molecular formula is C24H30ClF2N3O5. The number of hydrogen-bond donors (Lipinski definition) is 4. The number of amidine groups is 1. The minimum absolute atomic E-state index is 0. The lowest BCUT2D eigenvalue weighted by Crippen LogP contribution is -2.32. The van der Waals surface area contributed by atoms with Gasteiger partial charge in [-0.3, -0.25) is 10.2 Å². The molecule has 1 amide bonds. The molecule has 0 heterocycles. The van der Waals surface area contributed by atoms with Gasteiger partial charge in [0.05, 0.1) is 18.8 Å². The first kappa shape index (κ1) is 28.3.